The molecule has 15 heteroatoms. The maximum atomic E-state index is 9.69. The maximum Gasteiger partial charge on any atom is 0.216 e. The van der Waals surface area contributed by atoms with Crippen LogP contribution in [0.15, 0.2) is 204 Å². The summed E-state index contributed by atoms with van der Waals surface area (Å²) in [7, 11) is 9.35. The second-order valence-electron chi connectivity index (χ2n) is 37.8. The van der Waals surface area contributed by atoms with Crippen molar-refractivity contribution in [1.29, 1.82) is 26.3 Å². The van der Waals surface area contributed by atoms with Gasteiger partial charge in [-0.3, -0.25) is 0 Å². The third kappa shape index (κ3) is 17.4. The molecule has 20 aromatic rings. The number of benzene rings is 10. The molecule has 0 amide bonds. The summed E-state index contributed by atoms with van der Waals surface area (Å²) in [6, 6.07) is 57.8. The summed E-state index contributed by atoms with van der Waals surface area (Å²) in [6.07, 6.45) is 0. The van der Waals surface area contributed by atoms with Gasteiger partial charge in [0.15, 0.2) is 28.5 Å². The molecule has 2 atom stereocenters. The van der Waals surface area contributed by atoms with E-state index in [1.54, 1.807) is 70.5 Å². The van der Waals surface area contributed by atoms with Crippen molar-refractivity contribution in [3.63, 3.8) is 0 Å². The number of furan rings is 5. The van der Waals surface area contributed by atoms with E-state index in [2.05, 4.69) is 67.0 Å². The molecule has 0 fully saturated rings. The first kappa shape index (κ1) is 77.4. The summed E-state index contributed by atoms with van der Waals surface area (Å²) in [6.45, 7) is 37.0. The van der Waals surface area contributed by atoms with Gasteiger partial charge in [0.1, 0.15) is 91.1 Å². The van der Waals surface area contributed by atoms with E-state index in [4.69, 9.17) is 45.4 Å². The van der Waals surface area contributed by atoms with Gasteiger partial charge in [-0.05, 0) is 225 Å². The fraction of sp³-hybridized carbons (Fsp3) is 0.280. The van der Waals surface area contributed by atoms with E-state index >= 15 is 0 Å². The number of rotatable bonds is 10. The topological polar surface area (TPSA) is 204 Å². The van der Waals surface area contributed by atoms with Gasteiger partial charge in [0.25, 0.3) is 0 Å². The van der Waals surface area contributed by atoms with Crippen molar-refractivity contribution in [3.05, 3.63) is 322 Å². The quantitative estimate of drug-likeness (QED) is 0.118. The van der Waals surface area contributed by atoms with E-state index in [0.717, 1.165) is 160 Å². The van der Waals surface area contributed by atoms with Crippen LogP contribution in [0.5, 0.6) is 0 Å². The Balaban J connectivity index is 0.000000139. The van der Waals surface area contributed by atoms with Crippen LogP contribution in [0.4, 0.5) is 0 Å². The van der Waals surface area contributed by atoms with Gasteiger partial charge in [-0.1, -0.05) is 148 Å². The first-order valence-corrected chi connectivity index (χ1v) is 46.5. The number of hydrogen-bond donors (Lipinski definition) is 0. The third-order valence-corrected chi connectivity index (χ3v) is 27.2. The summed E-state index contributed by atoms with van der Waals surface area (Å²) in [4.78, 5) is 0. The van der Waals surface area contributed by atoms with Crippen LogP contribution in [0.25, 0.3) is 166 Å². The van der Waals surface area contributed by atoms with Gasteiger partial charge in [-0.15, -0.1) is 0 Å². The van der Waals surface area contributed by atoms with E-state index in [1.165, 1.54) is 13.8 Å². The number of aryl methyl sites for hydroxylation is 12. The van der Waals surface area contributed by atoms with Gasteiger partial charge >= 0.3 is 0 Å². The number of nitriles is 5. The van der Waals surface area contributed by atoms with E-state index in [9.17, 15) is 26.3 Å². The smallest absolute Gasteiger partial charge is 0.216 e. The average Bonchev–Trinajstić information content (AvgIpc) is 1.65. The third-order valence-electron chi connectivity index (χ3n) is 27.2. The normalized spacial score (nSPS) is 14.5. The fourth-order valence-corrected chi connectivity index (χ4v) is 18.9. The molecule has 20 rings (SSSR count). The lowest BCUT2D eigenvalue weighted by molar-refractivity contribution is -0.666. The van der Waals surface area contributed by atoms with Crippen LogP contribution in [-0.2, 0) is 35.2 Å². The first-order chi connectivity index (χ1) is 73.2. The molecule has 0 saturated carbocycles. The Kier molecular flexibility index (Phi) is 21.2. The zero-order valence-corrected chi connectivity index (χ0v) is 84.9. The standard InChI is InChI=1S/5C25H25N2O/c3*1-14(2)19-11-17(5)27(6)21(12-19)22-15(3)8-10-20-23-18(13-26)9-7-16(4)24(23)28-25(20)22;2*1-14(2)18-11-17(5)27(6)21(12-18)23-16(4)7-8-20-24-19(13-26)9-15(3)10-22(24)28-25(20)23/h5*7-12,14H,1-6H3/q5*+1/i1D3,11D,12D,14D;11D,12D,14D;1D3,14D;11D,12D,14D;14D. The number of nitrogens with zero attached hydrogens (tertiary/aromatic N) is 10. The van der Waals surface area contributed by atoms with Crippen LogP contribution in [0.1, 0.15) is 262 Å². The highest BCUT2D eigenvalue weighted by molar-refractivity contribution is 6.17. The van der Waals surface area contributed by atoms with Gasteiger partial charge in [0.05, 0.1) is 94.2 Å². The Morgan fingerprint density at radius 3 is 0.771 bits per heavy atom. The predicted octanol–water partition coefficient (Wildman–Crippen LogP) is 30.0. The minimum absolute atomic E-state index is 0.137. The second-order valence-corrected chi connectivity index (χ2v) is 37.8. The molecule has 15 nitrogen and oxygen atoms in total. The number of pyridine rings is 5. The largest absolute Gasteiger partial charge is 0.455 e. The number of hydrogen-bond acceptors (Lipinski definition) is 10. The van der Waals surface area contributed by atoms with E-state index < -0.39 is 43.2 Å². The summed E-state index contributed by atoms with van der Waals surface area (Å²) in [5.74, 6) is -6.81. The van der Waals surface area contributed by atoms with Crippen LogP contribution in [-0.4, -0.2) is 0 Å². The van der Waals surface area contributed by atoms with Crippen molar-refractivity contribution in [2.24, 2.45) is 35.2 Å². The highest BCUT2D eigenvalue weighted by atomic mass is 16.3. The Bertz CT molecular complexity index is 9760. The second kappa shape index (κ2) is 38.4. The zero-order chi connectivity index (χ0) is 116. The number of fused-ring (bicyclic) bond motifs is 15. The van der Waals surface area contributed by atoms with Crippen molar-refractivity contribution in [3.8, 4) is 86.6 Å². The molecule has 140 heavy (non-hydrogen) atoms. The van der Waals surface area contributed by atoms with Crippen molar-refractivity contribution in [1.82, 2.24) is 0 Å². The zero-order valence-electron chi connectivity index (χ0n) is 102. The fourth-order valence-electron chi connectivity index (χ4n) is 18.9. The minimum Gasteiger partial charge on any atom is -0.455 e. The average molecular weight is 1860 g/mol. The van der Waals surface area contributed by atoms with Gasteiger partial charge in [0.2, 0.25) is 28.5 Å². The van der Waals surface area contributed by atoms with Gasteiger partial charge in [-0.2, -0.15) is 49.1 Å². The summed E-state index contributed by atoms with van der Waals surface area (Å²) in [5.41, 5.74) is 31.7. The monoisotopic (exact) mass is 1860 g/mol. The lowest BCUT2D eigenvalue weighted by Gasteiger charge is -2.11. The Hall–Kier alpha value is -15.6. The molecule has 0 spiro atoms. The molecule has 0 radical (unpaired) electrons. The molecule has 10 aromatic heterocycles. The lowest BCUT2D eigenvalue weighted by Crippen LogP contribution is -2.35. The molecule has 0 aliphatic rings. The molecule has 0 N–H and O–H groups in total. The van der Waals surface area contributed by atoms with Crippen LogP contribution < -0.4 is 22.8 Å². The molecule has 0 saturated heterocycles. The molecule has 700 valence electrons. The van der Waals surface area contributed by atoms with Crippen LogP contribution in [0.3, 0.4) is 0 Å². The van der Waals surface area contributed by atoms with Crippen molar-refractivity contribution >= 4 is 110 Å². The Morgan fingerprint density at radius 1 is 0.250 bits per heavy atom. The summed E-state index contributed by atoms with van der Waals surface area (Å²) in [5, 5.41) is 56.4. The molecule has 10 aromatic carbocycles. The van der Waals surface area contributed by atoms with Gasteiger partial charge in [0, 0.05) is 164 Å². The maximum absolute atomic E-state index is 9.69. The molecule has 0 aliphatic heterocycles. The molecular formula is C125H125N10O5+5. The minimum atomic E-state index is -2.73. The Labute approximate surface area is 845 Å². The molecule has 10 heterocycles. The van der Waals surface area contributed by atoms with Crippen LogP contribution >= 0.6 is 0 Å². The van der Waals surface area contributed by atoms with E-state index in [-0.39, 0.29) is 41.8 Å². The van der Waals surface area contributed by atoms with Crippen molar-refractivity contribution < 1.29 is 68.2 Å². The van der Waals surface area contributed by atoms with Gasteiger partial charge < -0.3 is 22.1 Å². The summed E-state index contributed by atoms with van der Waals surface area (Å²) >= 11 is 0. The van der Waals surface area contributed by atoms with Crippen LogP contribution in [0.2, 0.25) is 0 Å². The van der Waals surface area contributed by atoms with Crippen LogP contribution in [0, 0.1) is 161 Å². The summed E-state index contributed by atoms with van der Waals surface area (Å²) < 4.78 is 184. The van der Waals surface area contributed by atoms with Gasteiger partial charge in [-0.25, -0.2) is 0 Å². The highest BCUT2D eigenvalue weighted by Crippen LogP contribution is 2.47. The molecule has 2 unspecified atom stereocenters. The predicted molar refractivity (Wildman–Crippen MR) is 567 cm³/mol. The first-order valence-electron chi connectivity index (χ1n) is 55.0. The molecule has 0 bridgehead atoms. The van der Waals surface area contributed by atoms with E-state index in [1.807, 2.05) is 242 Å². The number of aromatic nitrogens is 5. The van der Waals surface area contributed by atoms with E-state index in [0.29, 0.717) is 140 Å². The Morgan fingerprint density at radius 2 is 0.493 bits per heavy atom. The highest BCUT2D eigenvalue weighted by Gasteiger charge is 2.33. The lowest BCUT2D eigenvalue weighted by atomic mass is 9.95. The molecular weight excluding hydrogens is 1720 g/mol. The molecule has 0 aliphatic carbocycles. The van der Waals surface area contributed by atoms with Crippen molar-refractivity contribution in [2.45, 2.75) is 202 Å². The van der Waals surface area contributed by atoms with Crippen molar-refractivity contribution in [2.75, 3.05) is 0 Å². The SMILES string of the molecule is [2H]C(C)(C)c1cc(C)[n+](C)c(-c2c(C)ccc3c2oc2cc(C)cc(C#N)c23)c1.[2H]C([2H])([2H])C([2H])(C)c1cc(C)[n+](C)c(-c2c(C)ccc3c2oc2c(C)ccc(C#N)c23)c1.[2H]c1c(C([2H])(C)C([2H])([2H])[2H])c([2H])c(-c2c(C)ccc3c2oc2c(C)ccc(C#N)c23)[n+](C)c1C.[2H]c1c(C([2H])(C)C)c([2H])c(-c2c(C)ccc3c2oc2c(C)ccc(C#N)c23)[n+](C)c1C.[2H]c1c(C([2H])(C)C)c([2H])c(-c2c(C)ccc3c2oc2cc(C)cc(C#N)c23)[n+](C)c1C.